The molecule has 1 N–H and O–H groups in total. The van der Waals surface area contributed by atoms with Crippen LogP contribution in [-0.4, -0.2) is 44.8 Å². The minimum Gasteiger partial charge on any atom is -0.480 e. The number of hydrogen-bond donors (Lipinski definition) is 1. The fraction of sp³-hybridized carbons (Fsp3) is 0.667. The molecular formula is C15H25N3O3. The second kappa shape index (κ2) is 6.74. The molecule has 0 saturated carbocycles. The van der Waals surface area contributed by atoms with E-state index in [-0.39, 0.29) is 18.0 Å². The molecular weight excluding hydrogens is 270 g/mol. The number of carboxylic acid groups (broad SMARTS) is 1. The van der Waals surface area contributed by atoms with Crippen LogP contribution < -0.4 is 0 Å². The summed E-state index contributed by atoms with van der Waals surface area (Å²) in [5, 5.41) is 13.3. The predicted molar refractivity (Wildman–Crippen MR) is 80.4 cm³/mol. The zero-order valence-corrected chi connectivity index (χ0v) is 13.5. The Morgan fingerprint density at radius 1 is 1.33 bits per heavy atom. The Hall–Kier alpha value is -1.85. The van der Waals surface area contributed by atoms with Gasteiger partial charge >= 0.3 is 5.97 Å². The van der Waals surface area contributed by atoms with E-state index in [0.717, 1.165) is 5.69 Å². The Balaban J connectivity index is 3.16. The Bertz CT molecular complexity index is 515. The molecule has 6 heteroatoms. The number of amides is 1. The number of carbonyl (C=O) groups excluding carboxylic acids is 1. The maximum Gasteiger partial charge on any atom is 0.323 e. The monoisotopic (exact) mass is 295 g/mol. The van der Waals surface area contributed by atoms with Crippen LogP contribution in [0.1, 0.15) is 57.1 Å². The van der Waals surface area contributed by atoms with Crippen molar-refractivity contribution in [3.8, 4) is 0 Å². The van der Waals surface area contributed by atoms with Gasteiger partial charge in [-0.3, -0.25) is 14.3 Å². The van der Waals surface area contributed by atoms with Crippen molar-refractivity contribution >= 4 is 11.9 Å². The van der Waals surface area contributed by atoms with Crippen molar-refractivity contribution in [2.45, 2.75) is 53.0 Å². The van der Waals surface area contributed by atoms with Gasteiger partial charge in [-0.1, -0.05) is 13.8 Å². The lowest BCUT2D eigenvalue weighted by atomic mass is 10.1. The fourth-order valence-corrected chi connectivity index (χ4v) is 2.33. The molecule has 1 heterocycles. The SMILES string of the molecule is CCCN(CC(=O)O)C(=O)c1cnn(C(C)(C)C)c1CC. The van der Waals surface area contributed by atoms with Crippen LogP contribution in [0.3, 0.4) is 0 Å². The summed E-state index contributed by atoms with van der Waals surface area (Å²) < 4.78 is 1.84. The van der Waals surface area contributed by atoms with E-state index in [0.29, 0.717) is 24.9 Å². The first-order chi connectivity index (χ1) is 9.72. The molecule has 1 rings (SSSR count). The number of carboxylic acids is 1. The number of carbonyl (C=O) groups is 2. The van der Waals surface area contributed by atoms with Crippen molar-refractivity contribution in [3.63, 3.8) is 0 Å². The van der Waals surface area contributed by atoms with Crippen molar-refractivity contribution in [2.24, 2.45) is 0 Å². The van der Waals surface area contributed by atoms with Gasteiger partial charge in [-0.2, -0.15) is 5.10 Å². The molecule has 0 fully saturated rings. The van der Waals surface area contributed by atoms with Gasteiger partial charge in [0.25, 0.3) is 5.91 Å². The van der Waals surface area contributed by atoms with Crippen LogP contribution in [0.2, 0.25) is 0 Å². The average Bonchev–Trinajstić information content (AvgIpc) is 2.80. The molecule has 0 unspecified atom stereocenters. The number of nitrogens with zero attached hydrogens (tertiary/aromatic N) is 3. The van der Waals surface area contributed by atoms with Gasteiger partial charge in [0.1, 0.15) is 6.54 Å². The van der Waals surface area contributed by atoms with Gasteiger partial charge in [0.2, 0.25) is 0 Å². The molecule has 1 aromatic rings. The molecule has 1 amide bonds. The summed E-state index contributed by atoms with van der Waals surface area (Å²) in [6.45, 7) is 10.1. The molecule has 0 radical (unpaired) electrons. The molecule has 6 nitrogen and oxygen atoms in total. The van der Waals surface area contributed by atoms with E-state index in [1.807, 2.05) is 39.3 Å². The molecule has 0 aliphatic rings. The Kier molecular flexibility index (Phi) is 5.52. The minimum absolute atomic E-state index is 0.216. The topological polar surface area (TPSA) is 75.4 Å². The summed E-state index contributed by atoms with van der Waals surface area (Å²) in [5.41, 5.74) is 1.13. The van der Waals surface area contributed by atoms with Crippen LogP contribution in [0, 0.1) is 0 Å². The highest BCUT2D eigenvalue weighted by Crippen LogP contribution is 2.21. The van der Waals surface area contributed by atoms with Crippen LogP contribution in [0.4, 0.5) is 0 Å². The highest BCUT2D eigenvalue weighted by atomic mass is 16.4. The highest BCUT2D eigenvalue weighted by molar-refractivity contribution is 5.96. The average molecular weight is 295 g/mol. The van der Waals surface area contributed by atoms with E-state index in [9.17, 15) is 9.59 Å². The molecule has 21 heavy (non-hydrogen) atoms. The third-order valence-corrected chi connectivity index (χ3v) is 3.18. The first kappa shape index (κ1) is 17.2. The number of hydrogen-bond acceptors (Lipinski definition) is 3. The zero-order valence-electron chi connectivity index (χ0n) is 13.5. The van der Waals surface area contributed by atoms with Crippen LogP contribution in [0.25, 0.3) is 0 Å². The lowest BCUT2D eigenvalue weighted by molar-refractivity contribution is -0.137. The summed E-state index contributed by atoms with van der Waals surface area (Å²) in [6.07, 6.45) is 2.94. The van der Waals surface area contributed by atoms with Gasteiger partial charge in [-0.25, -0.2) is 0 Å². The molecule has 0 aromatic carbocycles. The lowest BCUT2D eigenvalue weighted by Crippen LogP contribution is -2.37. The van der Waals surface area contributed by atoms with E-state index in [1.54, 1.807) is 6.20 Å². The summed E-state index contributed by atoms with van der Waals surface area (Å²) >= 11 is 0. The van der Waals surface area contributed by atoms with Gasteiger partial charge in [0.05, 0.1) is 23.0 Å². The van der Waals surface area contributed by atoms with Gasteiger partial charge in [-0.15, -0.1) is 0 Å². The van der Waals surface area contributed by atoms with Crippen molar-refractivity contribution in [1.82, 2.24) is 14.7 Å². The second-order valence-corrected chi connectivity index (χ2v) is 6.06. The van der Waals surface area contributed by atoms with Gasteiger partial charge in [-0.05, 0) is 33.6 Å². The molecule has 0 bridgehead atoms. The van der Waals surface area contributed by atoms with Gasteiger partial charge < -0.3 is 10.0 Å². The molecule has 0 aliphatic carbocycles. The van der Waals surface area contributed by atoms with Crippen molar-refractivity contribution in [2.75, 3.05) is 13.1 Å². The first-order valence-electron chi connectivity index (χ1n) is 7.30. The van der Waals surface area contributed by atoms with E-state index in [1.165, 1.54) is 4.90 Å². The van der Waals surface area contributed by atoms with Crippen molar-refractivity contribution in [1.29, 1.82) is 0 Å². The Morgan fingerprint density at radius 3 is 2.38 bits per heavy atom. The molecule has 118 valence electrons. The predicted octanol–water partition coefficient (Wildman–Crippen LogP) is 2.14. The van der Waals surface area contributed by atoms with Crippen LogP contribution in [0.5, 0.6) is 0 Å². The second-order valence-electron chi connectivity index (χ2n) is 6.06. The van der Waals surface area contributed by atoms with Gasteiger partial charge in [0.15, 0.2) is 0 Å². The van der Waals surface area contributed by atoms with Crippen LogP contribution >= 0.6 is 0 Å². The largest absolute Gasteiger partial charge is 0.480 e. The smallest absolute Gasteiger partial charge is 0.323 e. The number of rotatable bonds is 6. The standard InChI is InChI=1S/C15H25N3O3/c1-6-8-17(10-13(19)20)14(21)11-9-16-18(12(11)7-2)15(3,4)5/h9H,6-8,10H2,1-5H3,(H,19,20). The molecule has 0 spiro atoms. The van der Waals surface area contributed by atoms with E-state index >= 15 is 0 Å². The molecule has 0 aliphatic heterocycles. The summed E-state index contributed by atoms with van der Waals surface area (Å²) in [4.78, 5) is 24.9. The maximum absolute atomic E-state index is 12.6. The summed E-state index contributed by atoms with van der Waals surface area (Å²) in [6, 6.07) is 0. The third-order valence-electron chi connectivity index (χ3n) is 3.18. The third kappa shape index (κ3) is 4.06. The highest BCUT2D eigenvalue weighted by Gasteiger charge is 2.26. The van der Waals surface area contributed by atoms with E-state index < -0.39 is 5.97 Å². The van der Waals surface area contributed by atoms with Gasteiger partial charge in [0, 0.05) is 6.54 Å². The van der Waals surface area contributed by atoms with Crippen LogP contribution in [0.15, 0.2) is 6.20 Å². The normalized spacial score (nSPS) is 11.5. The summed E-state index contributed by atoms with van der Waals surface area (Å²) in [7, 11) is 0. The minimum atomic E-state index is -1.00. The Morgan fingerprint density at radius 2 is 1.95 bits per heavy atom. The summed E-state index contributed by atoms with van der Waals surface area (Å²) in [5.74, 6) is -1.26. The van der Waals surface area contributed by atoms with Crippen molar-refractivity contribution in [3.05, 3.63) is 17.5 Å². The van der Waals surface area contributed by atoms with Crippen molar-refractivity contribution < 1.29 is 14.7 Å². The maximum atomic E-state index is 12.6. The quantitative estimate of drug-likeness (QED) is 0.872. The molecule has 0 atom stereocenters. The number of aromatic nitrogens is 2. The van der Waals surface area contributed by atoms with E-state index in [4.69, 9.17) is 5.11 Å². The van der Waals surface area contributed by atoms with E-state index in [2.05, 4.69) is 5.10 Å². The molecule has 1 aromatic heterocycles. The lowest BCUT2D eigenvalue weighted by Gasteiger charge is -2.24. The van der Waals surface area contributed by atoms with Crippen LogP contribution in [-0.2, 0) is 16.8 Å². The Labute approximate surface area is 125 Å². The fourth-order valence-electron chi connectivity index (χ4n) is 2.33. The first-order valence-corrected chi connectivity index (χ1v) is 7.30. The number of aliphatic carboxylic acids is 1. The zero-order chi connectivity index (χ0) is 16.2. The molecule has 0 saturated heterocycles.